The van der Waals surface area contributed by atoms with Crippen molar-refractivity contribution in [3.05, 3.63) is 34.4 Å². The van der Waals surface area contributed by atoms with Gasteiger partial charge in [-0.1, -0.05) is 17.7 Å². The molecule has 3 saturated heterocycles. The topological polar surface area (TPSA) is 18.5 Å². The van der Waals surface area contributed by atoms with E-state index in [1.165, 1.54) is 55.0 Å². The molecule has 3 aliphatic rings. The molecule has 0 radical (unpaired) electrons. The molecule has 3 aliphatic heterocycles. The zero-order valence-electron chi connectivity index (χ0n) is 13.9. The minimum atomic E-state index is 0.549. The lowest BCUT2D eigenvalue weighted by atomic mass is 9.89. The number of fused-ring (bicyclic) bond motifs is 3. The van der Waals surface area contributed by atoms with E-state index in [0.717, 1.165) is 6.42 Å². The van der Waals surface area contributed by atoms with Gasteiger partial charge in [-0.15, -0.1) is 0 Å². The van der Waals surface area contributed by atoms with E-state index in [-0.39, 0.29) is 0 Å². The molecular weight excluding hydrogens is 258 g/mol. The second kappa shape index (κ2) is 6.07. The summed E-state index contributed by atoms with van der Waals surface area (Å²) in [4.78, 5) is 5.32. The van der Waals surface area contributed by atoms with Crippen LogP contribution in [0.3, 0.4) is 0 Å². The highest BCUT2D eigenvalue weighted by Gasteiger charge is 2.36. The fourth-order valence-electron chi connectivity index (χ4n) is 4.22. The lowest BCUT2D eigenvalue weighted by Gasteiger charge is -2.50. The number of rotatable bonds is 4. The van der Waals surface area contributed by atoms with E-state index < -0.39 is 0 Å². The molecule has 1 aromatic carbocycles. The summed E-state index contributed by atoms with van der Waals surface area (Å²) in [6.45, 7) is 13.0. The van der Waals surface area contributed by atoms with Crippen LogP contribution in [0.25, 0.3) is 0 Å². The number of nitrogens with zero attached hydrogens (tertiary/aromatic N) is 2. The van der Waals surface area contributed by atoms with Crippen LogP contribution in [-0.4, -0.2) is 61.7 Å². The SMILES string of the molecule is CNC(Cc1c(C)cc(C)cc1C)C1CN2CCN1CC2. The van der Waals surface area contributed by atoms with Gasteiger partial charge >= 0.3 is 0 Å². The quantitative estimate of drug-likeness (QED) is 0.910. The molecule has 0 aliphatic carbocycles. The van der Waals surface area contributed by atoms with Gasteiger partial charge in [-0.05, 0) is 50.9 Å². The average molecular weight is 287 g/mol. The van der Waals surface area contributed by atoms with Crippen LogP contribution in [0.4, 0.5) is 0 Å². The molecule has 0 amide bonds. The van der Waals surface area contributed by atoms with Crippen LogP contribution in [0.2, 0.25) is 0 Å². The van der Waals surface area contributed by atoms with E-state index in [2.05, 4.69) is 55.1 Å². The van der Waals surface area contributed by atoms with Gasteiger partial charge in [-0.25, -0.2) is 0 Å². The van der Waals surface area contributed by atoms with Crippen LogP contribution in [0.1, 0.15) is 22.3 Å². The maximum atomic E-state index is 3.61. The molecule has 1 N–H and O–H groups in total. The molecule has 116 valence electrons. The van der Waals surface area contributed by atoms with Crippen LogP contribution in [0, 0.1) is 20.8 Å². The average Bonchev–Trinajstić information content (AvgIpc) is 2.47. The number of piperazine rings is 3. The first-order valence-corrected chi connectivity index (χ1v) is 8.29. The maximum Gasteiger partial charge on any atom is 0.0380 e. The molecular formula is C18H29N3. The monoisotopic (exact) mass is 287 g/mol. The van der Waals surface area contributed by atoms with Gasteiger partial charge in [-0.2, -0.15) is 0 Å². The van der Waals surface area contributed by atoms with Gasteiger partial charge in [0.1, 0.15) is 0 Å². The van der Waals surface area contributed by atoms with Gasteiger partial charge in [0.2, 0.25) is 0 Å². The smallest absolute Gasteiger partial charge is 0.0380 e. The van der Waals surface area contributed by atoms with Gasteiger partial charge in [0, 0.05) is 44.8 Å². The van der Waals surface area contributed by atoms with Gasteiger partial charge in [-0.3, -0.25) is 9.80 Å². The predicted octanol–water partition coefficient (Wildman–Crippen LogP) is 1.74. The molecule has 21 heavy (non-hydrogen) atoms. The summed E-state index contributed by atoms with van der Waals surface area (Å²) >= 11 is 0. The molecule has 3 nitrogen and oxygen atoms in total. The predicted molar refractivity (Wildman–Crippen MR) is 89.0 cm³/mol. The summed E-state index contributed by atoms with van der Waals surface area (Å²) in [7, 11) is 2.13. The van der Waals surface area contributed by atoms with E-state index in [9.17, 15) is 0 Å². The van der Waals surface area contributed by atoms with E-state index in [4.69, 9.17) is 0 Å². The fourth-order valence-corrected chi connectivity index (χ4v) is 4.22. The molecule has 1 aromatic rings. The molecule has 4 rings (SSSR count). The van der Waals surface area contributed by atoms with Crippen molar-refractivity contribution in [2.45, 2.75) is 39.3 Å². The second-order valence-corrected chi connectivity index (χ2v) is 6.88. The highest BCUT2D eigenvalue weighted by molar-refractivity contribution is 5.38. The van der Waals surface area contributed by atoms with Crippen LogP contribution >= 0.6 is 0 Å². The summed E-state index contributed by atoms with van der Waals surface area (Å²) in [6.07, 6.45) is 1.14. The molecule has 3 heterocycles. The van der Waals surface area contributed by atoms with Gasteiger partial charge in [0.15, 0.2) is 0 Å². The van der Waals surface area contributed by atoms with Gasteiger partial charge in [0.25, 0.3) is 0 Å². The first-order chi connectivity index (χ1) is 10.1. The van der Waals surface area contributed by atoms with Crippen molar-refractivity contribution in [1.29, 1.82) is 0 Å². The Morgan fingerprint density at radius 2 is 1.71 bits per heavy atom. The van der Waals surface area contributed by atoms with Gasteiger partial charge in [0.05, 0.1) is 0 Å². The Bertz CT molecular complexity index is 480. The Balaban J connectivity index is 1.79. The Morgan fingerprint density at radius 3 is 2.19 bits per heavy atom. The van der Waals surface area contributed by atoms with Crippen molar-refractivity contribution in [2.24, 2.45) is 0 Å². The highest BCUT2D eigenvalue weighted by Crippen LogP contribution is 2.23. The number of benzene rings is 1. The molecule has 0 aromatic heterocycles. The summed E-state index contributed by atoms with van der Waals surface area (Å²) in [5.74, 6) is 0. The second-order valence-electron chi connectivity index (χ2n) is 6.88. The van der Waals surface area contributed by atoms with E-state index >= 15 is 0 Å². The minimum absolute atomic E-state index is 0.549. The van der Waals surface area contributed by atoms with Crippen molar-refractivity contribution in [3.8, 4) is 0 Å². The van der Waals surface area contributed by atoms with Crippen molar-refractivity contribution in [3.63, 3.8) is 0 Å². The molecule has 3 heteroatoms. The Hall–Kier alpha value is -0.900. The molecule has 0 spiro atoms. The van der Waals surface area contributed by atoms with Gasteiger partial charge < -0.3 is 5.32 Å². The highest BCUT2D eigenvalue weighted by atomic mass is 15.4. The summed E-state index contributed by atoms with van der Waals surface area (Å²) in [5, 5.41) is 3.61. The normalized spacial score (nSPS) is 29.6. The summed E-state index contributed by atoms with van der Waals surface area (Å²) in [5.41, 5.74) is 5.81. The number of hydrogen-bond donors (Lipinski definition) is 1. The third kappa shape index (κ3) is 3.01. The number of hydrogen-bond acceptors (Lipinski definition) is 3. The van der Waals surface area contributed by atoms with Crippen LogP contribution in [0.15, 0.2) is 12.1 Å². The van der Waals surface area contributed by atoms with Crippen LogP contribution < -0.4 is 5.32 Å². The maximum absolute atomic E-state index is 3.61. The third-order valence-electron chi connectivity index (χ3n) is 5.42. The molecule has 3 fully saturated rings. The Morgan fingerprint density at radius 1 is 1.10 bits per heavy atom. The summed E-state index contributed by atoms with van der Waals surface area (Å²) < 4.78 is 0. The summed E-state index contributed by atoms with van der Waals surface area (Å²) in [6, 6.07) is 5.86. The van der Waals surface area contributed by atoms with Crippen molar-refractivity contribution in [2.75, 3.05) is 39.8 Å². The van der Waals surface area contributed by atoms with Crippen molar-refractivity contribution >= 4 is 0 Å². The molecule has 2 unspecified atom stereocenters. The lowest BCUT2D eigenvalue weighted by Crippen LogP contribution is -2.66. The van der Waals surface area contributed by atoms with E-state index in [0.29, 0.717) is 12.1 Å². The molecule has 0 saturated carbocycles. The molecule has 2 atom stereocenters. The van der Waals surface area contributed by atoms with E-state index in [1.807, 2.05) is 0 Å². The van der Waals surface area contributed by atoms with E-state index in [1.54, 1.807) is 0 Å². The Kier molecular flexibility index (Phi) is 4.34. The van der Waals surface area contributed by atoms with Crippen molar-refractivity contribution in [1.82, 2.24) is 15.1 Å². The minimum Gasteiger partial charge on any atom is -0.315 e. The Labute approximate surface area is 129 Å². The zero-order valence-corrected chi connectivity index (χ0v) is 13.9. The largest absolute Gasteiger partial charge is 0.315 e. The fraction of sp³-hybridized carbons (Fsp3) is 0.667. The first-order valence-electron chi connectivity index (χ1n) is 8.29. The van der Waals surface area contributed by atoms with Crippen LogP contribution in [0.5, 0.6) is 0 Å². The number of likely N-dealkylation sites (N-methyl/N-ethyl adjacent to an activating group) is 1. The zero-order chi connectivity index (χ0) is 15.0. The molecule has 2 bridgehead atoms. The lowest BCUT2D eigenvalue weighted by molar-refractivity contribution is -0.00205. The number of nitrogens with one attached hydrogen (secondary N) is 1. The van der Waals surface area contributed by atoms with Crippen molar-refractivity contribution < 1.29 is 0 Å². The first kappa shape index (κ1) is 15.0. The standard InChI is InChI=1S/C18H29N3/c1-13-9-14(2)16(15(3)10-13)11-17(19-4)18-12-20-5-7-21(18)8-6-20/h9-10,17-19H,5-8,11-12H2,1-4H3. The van der Waals surface area contributed by atoms with Crippen LogP contribution in [-0.2, 0) is 6.42 Å². The number of aryl methyl sites for hydroxylation is 3. The third-order valence-corrected chi connectivity index (χ3v) is 5.42.